The summed E-state index contributed by atoms with van der Waals surface area (Å²) < 4.78 is 0. The second-order valence-corrected chi connectivity index (χ2v) is 5.67. The highest BCUT2D eigenvalue weighted by molar-refractivity contribution is 5.64. The lowest BCUT2D eigenvalue weighted by Crippen LogP contribution is -2.12. The first-order valence-electron chi connectivity index (χ1n) is 7.16. The first-order valence-corrected chi connectivity index (χ1v) is 7.16. The van der Waals surface area contributed by atoms with Gasteiger partial charge in [-0.05, 0) is 36.1 Å². The van der Waals surface area contributed by atoms with Crippen LogP contribution in [0, 0.1) is 6.92 Å². The van der Waals surface area contributed by atoms with Crippen LogP contribution in [-0.4, -0.2) is 16.5 Å². The van der Waals surface area contributed by atoms with E-state index in [0.717, 1.165) is 11.5 Å². The van der Waals surface area contributed by atoms with Crippen LogP contribution in [0.3, 0.4) is 0 Å². The summed E-state index contributed by atoms with van der Waals surface area (Å²) in [6.45, 7) is 9.14. The fraction of sp³-hybridized carbons (Fsp3) is 0.412. The van der Waals surface area contributed by atoms with Crippen LogP contribution in [0.15, 0.2) is 30.5 Å². The van der Waals surface area contributed by atoms with E-state index in [1.54, 1.807) is 0 Å². The predicted octanol–water partition coefficient (Wildman–Crippen LogP) is 3.64. The first kappa shape index (κ1) is 14.7. The van der Waals surface area contributed by atoms with Gasteiger partial charge in [-0.2, -0.15) is 0 Å². The lowest BCUT2D eigenvalue weighted by atomic mass is 9.96. The van der Waals surface area contributed by atoms with Gasteiger partial charge in [0, 0.05) is 24.2 Å². The Labute approximate surface area is 121 Å². The minimum absolute atomic E-state index is 0.184. The fourth-order valence-electron chi connectivity index (χ4n) is 2.14. The maximum Gasteiger partial charge on any atom is 0.133 e. The average Bonchev–Trinajstić information content (AvgIpc) is 2.46. The summed E-state index contributed by atoms with van der Waals surface area (Å²) in [7, 11) is 0. The van der Waals surface area contributed by atoms with Crippen LogP contribution in [0.1, 0.15) is 49.6 Å². The largest absolute Gasteiger partial charge is 0.330 e. The number of aryl methyl sites for hydroxylation is 1. The van der Waals surface area contributed by atoms with E-state index in [0.29, 0.717) is 12.5 Å². The van der Waals surface area contributed by atoms with Crippen molar-refractivity contribution in [1.29, 1.82) is 0 Å². The number of rotatable bonds is 4. The fourth-order valence-corrected chi connectivity index (χ4v) is 2.14. The van der Waals surface area contributed by atoms with Crippen LogP contribution in [0.4, 0.5) is 0 Å². The summed E-state index contributed by atoms with van der Waals surface area (Å²) in [6, 6.07) is 8.56. The Bertz CT molecular complexity index is 591. The van der Waals surface area contributed by atoms with Gasteiger partial charge in [0.05, 0.1) is 5.69 Å². The van der Waals surface area contributed by atoms with Gasteiger partial charge >= 0.3 is 0 Å². The molecule has 0 aliphatic rings. The molecule has 3 nitrogen and oxygen atoms in total. The molecule has 0 aliphatic carbocycles. The Morgan fingerprint density at radius 2 is 1.90 bits per heavy atom. The molecule has 0 saturated heterocycles. The topological polar surface area (TPSA) is 51.8 Å². The number of aromatic nitrogens is 2. The molecule has 2 N–H and O–H groups in total. The van der Waals surface area contributed by atoms with Crippen LogP contribution in [0.25, 0.3) is 11.3 Å². The molecule has 0 spiro atoms. The van der Waals surface area contributed by atoms with Crippen molar-refractivity contribution in [3.8, 4) is 11.3 Å². The third-order valence-electron chi connectivity index (χ3n) is 3.67. The van der Waals surface area contributed by atoms with Crippen molar-refractivity contribution >= 4 is 0 Å². The van der Waals surface area contributed by atoms with Gasteiger partial charge in [0.15, 0.2) is 0 Å². The molecule has 0 radical (unpaired) electrons. The van der Waals surface area contributed by atoms with E-state index in [-0.39, 0.29) is 5.92 Å². The second kappa shape index (κ2) is 6.14. The Kier molecular flexibility index (Phi) is 4.50. The molecule has 2 aromatic rings. The molecule has 0 amide bonds. The maximum absolute atomic E-state index is 5.71. The van der Waals surface area contributed by atoms with Crippen molar-refractivity contribution < 1.29 is 0 Å². The molecule has 2 rings (SSSR count). The van der Waals surface area contributed by atoms with Crippen LogP contribution in [0.5, 0.6) is 0 Å². The molecule has 0 saturated carbocycles. The van der Waals surface area contributed by atoms with Crippen molar-refractivity contribution in [3.63, 3.8) is 0 Å². The molecule has 106 valence electrons. The third-order valence-corrected chi connectivity index (χ3v) is 3.67. The van der Waals surface area contributed by atoms with Gasteiger partial charge in [-0.25, -0.2) is 9.97 Å². The minimum atomic E-state index is 0.184. The van der Waals surface area contributed by atoms with Gasteiger partial charge in [0.1, 0.15) is 5.82 Å². The number of nitrogens with zero attached hydrogens (tertiary/aromatic N) is 2. The van der Waals surface area contributed by atoms with E-state index in [1.165, 1.54) is 16.7 Å². The highest BCUT2D eigenvalue weighted by Gasteiger charge is 2.11. The van der Waals surface area contributed by atoms with E-state index in [9.17, 15) is 0 Å². The van der Waals surface area contributed by atoms with Gasteiger partial charge in [0.2, 0.25) is 0 Å². The normalized spacial score (nSPS) is 12.7. The molecule has 0 fully saturated rings. The quantitative estimate of drug-likeness (QED) is 0.922. The van der Waals surface area contributed by atoms with Crippen molar-refractivity contribution in [2.24, 2.45) is 5.73 Å². The molecule has 1 aromatic carbocycles. The smallest absolute Gasteiger partial charge is 0.133 e. The molecule has 1 unspecified atom stereocenters. The number of nitrogens with two attached hydrogens (primary N) is 1. The SMILES string of the molecule is Cc1ccc(C(C)C)cc1-c1ccnc(C(C)CN)n1. The van der Waals surface area contributed by atoms with E-state index in [1.807, 2.05) is 12.3 Å². The lowest BCUT2D eigenvalue weighted by Gasteiger charge is -2.13. The van der Waals surface area contributed by atoms with Crippen LogP contribution in [0.2, 0.25) is 0 Å². The molecule has 0 bridgehead atoms. The molecule has 1 heterocycles. The Hall–Kier alpha value is -1.74. The summed E-state index contributed by atoms with van der Waals surface area (Å²) in [5.41, 5.74) is 10.4. The zero-order valence-electron chi connectivity index (χ0n) is 12.7. The highest BCUT2D eigenvalue weighted by atomic mass is 14.9. The van der Waals surface area contributed by atoms with E-state index in [2.05, 4.69) is 55.9 Å². The number of hydrogen-bond acceptors (Lipinski definition) is 3. The molecule has 1 aromatic heterocycles. The number of hydrogen-bond donors (Lipinski definition) is 1. The van der Waals surface area contributed by atoms with E-state index < -0.39 is 0 Å². The summed E-state index contributed by atoms with van der Waals surface area (Å²) >= 11 is 0. The Morgan fingerprint density at radius 1 is 1.15 bits per heavy atom. The standard InChI is InChI=1S/C17H23N3/c1-11(2)14-6-5-12(3)15(9-14)16-7-8-19-17(20-16)13(4)10-18/h5-9,11,13H,10,18H2,1-4H3. The Balaban J connectivity index is 2.48. The highest BCUT2D eigenvalue weighted by Crippen LogP contribution is 2.26. The summed E-state index contributed by atoms with van der Waals surface area (Å²) in [6.07, 6.45) is 1.82. The number of benzene rings is 1. The Morgan fingerprint density at radius 3 is 2.55 bits per heavy atom. The first-order chi connectivity index (χ1) is 9.52. The van der Waals surface area contributed by atoms with Gasteiger partial charge in [-0.1, -0.05) is 32.9 Å². The van der Waals surface area contributed by atoms with Gasteiger partial charge in [0.25, 0.3) is 0 Å². The summed E-state index contributed by atoms with van der Waals surface area (Å²) in [5.74, 6) is 1.52. The molecule has 0 aliphatic heterocycles. The monoisotopic (exact) mass is 269 g/mol. The van der Waals surface area contributed by atoms with Gasteiger partial charge in [-0.3, -0.25) is 0 Å². The van der Waals surface area contributed by atoms with Crippen LogP contribution < -0.4 is 5.73 Å². The van der Waals surface area contributed by atoms with Gasteiger partial charge < -0.3 is 5.73 Å². The van der Waals surface area contributed by atoms with E-state index in [4.69, 9.17) is 5.73 Å². The zero-order valence-corrected chi connectivity index (χ0v) is 12.7. The molecular weight excluding hydrogens is 246 g/mol. The van der Waals surface area contributed by atoms with Crippen LogP contribution in [-0.2, 0) is 0 Å². The van der Waals surface area contributed by atoms with Crippen LogP contribution >= 0.6 is 0 Å². The average molecular weight is 269 g/mol. The molecule has 1 atom stereocenters. The van der Waals surface area contributed by atoms with Crippen molar-refractivity contribution in [2.45, 2.75) is 39.5 Å². The molecule has 3 heteroatoms. The lowest BCUT2D eigenvalue weighted by molar-refractivity contribution is 0.712. The molecular formula is C17H23N3. The predicted molar refractivity (Wildman–Crippen MR) is 83.8 cm³/mol. The van der Waals surface area contributed by atoms with E-state index >= 15 is 0 Å². The maximum atomic E-state index is 5.71. The van der Waals surface area contributed by atoms with Crippen molar-refractivity contribution in [3.05, 3.63) is 47.4 Å². The minimum Gasteiger partial charge on any atom is -0.330 e. The zero-order chi connectivity index (χ0) is 14.7. The van der Waals surface area contributed by atoms with Gasteiger partial charge in [-0.15, -0.1) is 0 Å². The second-order valence-electron chi connectivity index (χ2n) is 5.67. The molecule has 20 heavy (non-hydrogen) atoms. The van der Waals surface area contributed by atoms with Crippen molar-refractivity contribution in [1.82, 2.24) is 9.97 Å². The third kappa shape index (κ3) is 3.05. The van der Waals surface area contributed by atoms with Crippen molar-refractivity contribution in [2.75, 3.05) is 6.54 Å². The summed E-state index contributed by atoms with van der Waals surface area (Å²) in [4.78, 5) is 9.02. The summed E-state index contributed by atoms with van der Waals surface area (Å²) in [5, 5.41) is 0.